The second-order valence-electron chi connectivity index (χ2n) is 11.2. The van der Waals surface area contributed by atoms with Crippen molar-refractivity contribution >= 4 is 29.2 Å². The van der Waals surface area contributed by atoms with Crippen LogP contribution >= 0.6 is 0 Å². The maximum atomic E-state index is 15.0. The summed E-state index contributed by atoms with van der Waals surface area (Å²) in [7, 11) is 1.54. The number of methoxy groups -OCH3 is 1. The molecule has 44 heavy (non-hydrogen) atoms. The van der Waals surface area contributed by atoms with Gasteiger partial charge in [-0.25, -0.2) is 0 Å². The molecular weight excluding hydrogens is 552 g/mol. The number of amides is 1. The number of carbonyl (C=O) groups excluding carboxylic acids is 3. The molecule has 0 aliphatic carbocycles. The number of anilines is 1. The monoisotopic (exact) mass is 582 g/mol. The van der Waals surface area contributed by atoms with Crippen molar-refractivity contribution in [3.8, 4) is 11.5 Å². The molecule has 1 fully saturated rings. The molecule has 0 unspecified atom stereocenters. The maximum Gasteiger partial charge on any atom is 0.238 e. The molecule has 1 saturated heterocycles. The van der Waals surface area contributed by atoms with Gasteiger partial charge in [-0.05, 0) is 53.1 Å². The van der Waals surface area contributed by atoms with E-state index in [1.807, 2.05) is 65.7 Å². The molecule has 0 saturated carbocycles. The Morgan fingerprint density at radius 3 is 2.41 bits per heavy atom. The Bertz CT molecular complexity index is 1860. The number of hydrogen-bond acceptors (Lipinski definition) is 6. The highest BCUT2D eigenvalue weighted by atomic mass is 16.5. The van der Waals surface area contributed by atoms with Crippen molar-refractivity contribution in [3.05, 3.63) is 144 Å². The minimum atomic E-state index is -1.41. The Balaban J connectivity index is 1.50. The van der Waals surface area contributed by atoms with Gasteiger partial charge in [-0.1, -0.05) is 79.4 Å². The van der Waals surface area contributed by atoms with Gasteiger partial charge >= 0.3 is 0 Å². The third kappa shape index (κ3) is 4.00. The summed E-state index contributed by atoms with van der Waals surface area (Å²) >= 11 is 0. The van der Waals surface area contributed by atoms with Crippen molar-refractivity contribution in [2.45, 2.75) is 17.5 Å². The quantitative estimate of drug-likeness (QED) is 0.196. The smallest absolute Gasteiger partial charge is 0.238 e. The van der Waals surface area contributed by atoms with Gasteiger partial charge in [-0.2, -0.15) is 0 Å². The summed E-state index contributed by atoms with van der Waals surface area (Å²) < 4.78 is 11.2. The van der Waals surface area contributed by atoms with Crippen LogP contribution in [0.3, 0.4) is 0 Å². The van der Waals surface area contributed by atoms with Gasteiger partial charge < -0.3 is 19.7 Å². The Kier molecular flexibility index (Phi) is 6.66. The molecule has 0 aromatic heterocycles. The molecule has 1 spiro atoms. The average molecular weight is 583 g/mol. The van der Waals surface area contributed by atoms with Crippen LogP contribution in [-0.4, -0.2) is 42.1 Å². The fourth-order valence-corrected chi connectivity index (χ4v) is 7.19. The molecule has 218 valence electrons. The molecule has 3 aliphatic heterocycles. The zero-order valence-electron chi connectivity index (χ0n) is 24.1. The van der Waals surface area contributed by atoms with Gasteiger partial charge in [0.2, 0.25) is 5.91 Å². The minimum absolute atomic E-state index is 0.273. The lowest BCUT2D eigenvalue weighted by atomic mass is 9.62. The zero-order valence-corrected chi connectivity index (χ0v) is 24.1. The van der Waals surface area contributed by atoms with Crippen LogP contribution in [-0.2, 0) is 10.2 Å². The first-order valence-corrected chi connectivity index (χ1v) is 14.5. The summed E-state index contributed by atoms with van der Waals surface area (Å²) in [4.78, 5) is 46.3. The number of nitrogens with one attached hydrogen (secondary N) is 1. The predicted octanol–water partition coefficient (Wildman–Crippen LogP) is 6.24. The summed E-state index contributed by atoms with van der Waals surface area (Å²) in [5.41, 5.74) is 2.49. The minimum Gasteiger partial charge on any atom is -0.497 e. The standard InChI is InChI=1S/C37H30N2O5/c1-3-20-44-27-14-9-11-24(22-27)33(40)31-32(34(41)25-12-8-13-26(21-25)43-2)39-19-18-23-10-4-5-15-28(23)35(39)37(31)29-16-6-7-17-30(29)38-36(37)42/h3-19,21-22,31-32,35H,1,20H2,2H3,(H,38,42)/t31-,32-,35+,37-/m0/s1. The molecule has 0 bridgehead atoms. The molecule has 4 atom stereocenters. The fraction of sp³-hybridized carbons (Fsp3) is 0.162. The molecule has 4 aromatic rings. The number of carbonyl (C=O) groups is 3. The van der Waals surface area contributed by atoms with Gasteiger partial charge in [0.25, 0.3) is 0 Å². The summed E-state index contributed by atoms with van der Waals surface area (Å²) in [6, 6.07) is 27.5. The van der Waals surface area contributed by atoms with E-state index in [0.717, 1.165) is 11.1 Å². The van der Waals surface area contributed by atoms with Crippen molar-refractivity contribution in [1.82, 2.24) is 4.90 Å². The van der Waals surface area contributed by atoms with Crippen molar-refractivity contribution in [2.24, 2.45) is 5.92 Å². The van der Waals surface area contributed by atoms with E-state index in [9.17, 15) is 9.59 Å². The molecule has 4 aromatic carbocycles. The van der Waals surface area contributed by atoms with Crippen molar-refractivity contribution < 1.29 is 23.9 Å². The van der Waals surface area contributed by atoms with Crippen LogP contribution in [0.5, 0.6) is 11.5 Å². The highest BCUT2D eigenvalue weighted by molar-refractivity contribution is 6.16. The molecule has 3 aliphatic rings. The number of ketones is 2. The second kappa shape index (κ2) is 10.7. The predicted molar refractivity (Wildman–Crippen MR) is 168 cm³/mol. The largest absolute Gasteiger partial charge is 0.497 e. The molecule has 3 heterocycles. The summed E-state index contributed by atoms with van der Waals surface area (Å²) in [5.74, 6) is -0.958. The van der Waals surface area contributed by atoms with E-state index in [1.54, 1.807) is 61.7 Å². The Hall–Kier alpha value is -5.43. The Labute approximate surface area is 255 Å². The van der Waals surface area contributed by atoms with Gasteiger partial charge in [0.05, 0.1) is 19.1 Å². The second-order valence-corrected chi connectivity index (χ2v) is 11.2. The Morgan fingerprint density at radius 1 is 0.909 bits per heavy atom. The van der Waals surface area contributed by atoms with Crippen molar-refractivity contribution in [3.63, 3.8) is 0 Å². The van der Waals surface area contributed by atoms with Crippen molar-refractivity contribution in [2.75, 3.05) is 19.0 Å². The van der Waals surface area contributed by atoms with Crippen LogP contribution in [0.2, 0.25) is 0 Å². The zero-order chi connectivity index (χ0) is 30.4. The van der Waals surface area contributed by atoms with Gasteiger partial charge in [0, 0.05) is 23.0 Å². The van der Waals surface area contributed by atoms with Gasteiger partial charge in [0.15, 0.2) is 11.6 Å². The molecule has 7 rings (SSSR count). The number of benzene rings is 4. The highest BCUT2D eigenvalue weighted by Gasteiger charge is 2.70. The third-order valence-corrected chi connectivity index (χ3v) is 8.96. The number of Topliss-reactive ketones (excluding diaryl/α,β-unsaturated/α-hetero) is 2. The fourth-order valence-electron chi connectivity index (χ4n) is 7.19. The van der Waals surface area contributed by atoms with Crippen LogP contribution in [0.4, 0.5) is 5.69 Å². The first-order valence-electron chi connectivity index (χ1n) is 14.5. The van der Waals surface area contributed by atoms with Gasteiger partial charge in [-0.15, -0.1) is 0 Å². The summed E-state index contributed by atoms with van der Waals surface area (Å²) in [6.45, 7) is 3.98. The molecular formula is C37H30N2O5. The number of nitrogens with zero attached hydrogens (tertiary/aromatic N) is 1. The maximum absolute atomic E-state index is 15.0. The van der Waals surface area contributed by atoms with E-state index < -0.39 is 23.4 Å². The highest BCUT2D eigenvalue weighted by Crippen LogP contribution is 2.62. The van der Waals surface area contributed by atoms with Gasteiger partial charge in [-0.3, -0.25) is 14.4 Å². The van der Waals surface area contributed by atoms with E-state index in [0.29, 0.717) is 33.9 Å². The summed E-state index contributed by atoms with van der Waals surface area (Å²) in [6.07, 6.45) is 5.44. The van der Waals surface area contributed by atoms with E-state index >= 15 is 4.79 Å². The molecule has 7 nitrogen and oxygen atoms in total. The number of ether oxygens (including phenoxy) is 2. The Morgan fingerprint density at radius 2 is 1.61 bits per heavy atom. The molecule has 1 amide bonds. The molecule has 1 N–H and O–H groups in total. The summed E-state index contributed by atoms with van der Waals surface area (Å²) in [5, 5.41) is 3.08. The molecule has 0 radical (unpaired) electrons. The van der Waals surface area contributed by atoms with Crippen molar-refractivity contribution in [1.29, 1.82) is 0 Å². The number of para-hydroxylation sites is 1. The average Bonchev–Trinajstić information content (AvgIpc) is 3.55. The van der Waals surface area contributed by atoms with E-state index in [1.165, 1.54) is 0 Å². The first kappa shape index (κ1) is 27.4. The third-order valence-electron chi connectivity index (χ3n) is 8.96. The SMILES string of the molecule is C=CCOc1cccc(C(=O)[C@@H]2[C@@H](C(=O)c3cccc(OC)c3)N3C=Cc4ccccc4[C@@H]3[C@@]23C(=O)Nc2ccccc23)c1. The van der Waals surface area contributed by atoms with Crippen LogP contribution < -0.4 is 14.8 Å². The first-order chi connectivity index (χ1) is 21.5. The topological polar surface area (TPSA) is 84.9 Å². The molecule has 7 heteroatoms. The lowest BCUT2D eigenvalue weighted by Gasteiger charge is -2.38. The van der Waals surface area contributed by atoms with E-state index in [2.05, 4.69) is 11.9 Å². The normalized spacial score (nSPS) is 22.5. The van der Waals surface area contributed by atoms with E-state index in [-0.39, 0.29) is 24.1 Å². The van der Waals surface area contributed by atoms with Crippen LogP contribution in [0.1, 0.15) is 43.4 Å². The number of hydrogen-bond donors (Lipinski definition) is 1. The van der Waals surface area contributed by atoms with Crippen LogP contribution in [0.15, 0.2) is 116 Å². The lowest BCUT2D eigenvalue weighted by Crippen LogP contribution is -2.49. The lowest BCUT2D eigenvalue weighted by molar-refractivity contribution is -0.122. The van der Waals surface area contributed by atoms with Crippen LogP contribution in [0, 0.1) is 5.92 Å². The van der Waals surface area contributed by atoms with Gasteiger partial charge in [0.1, 0.15) is 29.6 Å². The number of fused-ring (bicyclic) bond motifs is 6. The van der Waals surface area contributed by atoms with Crippen LogP contribution in [0.25, 0.3) is 6.08 Å². The van der Waals surface area contributed by atoms with E-state index in [4.69, 9.17) is 9.47 Å². The number of rotatable bonds is 8.